The van der Waals surface area contributed by atoms with Crippen molar-refractivity contribution in [2.75, 3.05) is 6.54 Å². The lowest BCUT2D eigenvalue weighted by Crippen LogP contribution is -2.48. The van der Waals surface area contributed by atoms with Gasteiger partial charge in [0, 0.05) is 12.5 Å². The summed E-state index contributed by atoms with van der Waals surface area (Å²) in [6.07, 6.45) is 3.30. The Kier molecular flexibility index (Phi) is 6.07. The molecule has 1 aliphatic heterocycles. The summed E-state index contributed by atoms with van der Waals surface area (Å²) in [7, 11) is 0. The standard InChI is InChI=1S/C12H22N2O4/c1-8(15)11(12(17)18)14-10(16)6-5-9-4-2-3-7-13-9/h8-9,11,13,15H,2-7H2,1H3,(H,14,16)(H,17,18)/t8-,9?,11+/m1/s1. The Bertz CT molecular complexity index is 288. The van der Waals surface area contributed by atoms with E-state index in [4.69, 9.17) is 5.11 Å². The molecule has 6 nitrogen and oxygen atoms in total. The molecule has 104 valence electrons. The van der Waals surface area contributed by atoms with Crippen LogP contribution in [0.15, 0.2) is 0 Å². The minimum atomic E-state index is -1.23. The van der Waals surface area contributed by atoms with Crippen LogP contribution < -0.4 is 10.6 Å². The Hall–Kier alpha value is -1.14. The Morgan fingerprint density at radius 3 is 2.67 bits per heavy atom. The summed E-state index contributed by atoms with van der Waals surface area (Å²) in [5.74, 6) is -1.54. The summed E-state index contributed by atoms with van der Waals surface area (Å²) >= 11 is 0. The minimum absolute atomic E-state index is 0.286. The molecule has 1 saturated heterocycles. The Labute approximate surface area is 107 Å². The van der Waals surface area contributed by atoms with Gasteiger partial charge in [-0.15, -0.1) is 0 Å². The Morgan fingerprint density at radius 1 is 1.44 bits per heavy atom. The van der Waals surface area contributed by atoms with Crippen LogP contribution in [0.4, 0.5) is 0 Å². The fourth-order valence-electron chi connectivity index (χ4n) is 2.11. The van der Waals surface area contributed by atoms with Crippen LogP contribution in [-0.4, -0.2) is 46.8 Å². The summed E-state index contributed by atoms with van der Waals surface area (Å²) in [5, 5.41) is 23.7. The summed E-state index contributed by atoms with van der Waals surface area (Å²) < 4.78 is 0. The SMILES string of the molecule is C[C@@H](O)[C@H](NC(=O)CCC1CCCCN1)C(=O)O. The van der Waals surface area contributed by atoms with Crippen molar-refractivity contribution in [3.05, 3.63) is 0 Å². The van der Waals surface area contributed by atoms with Crippen molar-refractivity contribution < 1.29 is 19.8 Å². The molecule has 0 saturated carbocycles. The Balaban J connectivity index is 2.29. The van der Waals surface area contributed by atoms with Gasteiger partial charge in [0.15, 0.2) is 6.04 Å². The van der Waals surface area contributed by atoms with Gasteiger partial charge in [0.2, 0.25) is 5.91 Å². The molecule has 3 atom stereocenters. The zero-order chi connectivity index (χ0) is 13.5. The normalized spacial score (nSPS) is 23.1. The van der Waals surface area contributed by atoms with Gasteiger partial charge in [0.25, 0.3) is 0 Å². The number of carboxylic acids is 1. The van der Waals surface area contributed by atoms with Crippen LogP contribution in [0, 0.1) is 0 Å². The van der Waals surface area contributed by atoms with E-state index in [0.29, 0.717) is 12.5 Å². The second kappa shape index (κ2) is 7.33. The van der Waals surface area contributed by atoms with Crippen molar-refractivity contribution >= 4 is 11.9 Å². The van der Waals surface area contributed by atoms with Gasteiger partial charge in [0.1, 0.15) is 0 Å². The first-order chi connectivity index (χ1) is 8.50. The van der Waals surface area contributed by atoms with Crippen LogP contribution in [0.3, 0.4) is 0 Å². The molecule has 18 heavy (non-hydrogen) atoms. The monoisotopic (exact) mass is 258 g/mol. The molecule has 1 rings (SSSR count). The number of hydrogen-bond acceptors (Lipinski definition) is 4. The van der Waals surface area contributed by atoms with Crippen LogP contribution in [0.5, 0.6) is 0 Å². The molecular weight excluding hydrogens is 236 g/mol. The molecular formula is C12H22N2O4. The topological polar surface area (TPSA) is 98.7 Å². The fraction of sp³-hybridized carbons (Fsp3) is 0.833. The molecule has 1 fully saturated rings. The summed E-state index contributed by atoms with van der Waals surface area (Å²) in [6, 6.07) is -0.879. The number of amides is 1. The van der Waals surface area contributed by atoms with Crippen molar-refractivity contribution in [3.63, 3.8) is 0 Å². The highest BCUT2D eigenvalue weighted by Gasteiger charge is 2.25. The number of carbonyl (C=O) groups is 2. The number of aliphatic carboxylic acids is 1. The number of carboxylic acid groups (broad SMARTS) is 1. The van der Waals surface area contributed by atoms with Crippen LogP contribution in [0.2, 0.25) is 0 Å². The minimum Gasteiger partial charge on any atom is -0.480 e. The first-order valence-corrected chi connectivity index (χ1v) is 6.44. The predicted octanol–water partition coefficient (Wildman–Crippen LogP) is -0.141. The number of nitrogens with one attached hydrogen (secondary N) is 2. The third kappa shape index (κ3) is 5.01. The van der Waals surface area contributed by atoms with E-state index in [0.717, 1.165) is 13.0 Å². The van der Waals surface area contributed by atoms with Crippen LogP contribution >= 0.6 is 0 Å². The van der Waals surface area contributed by atoms with Gasteiger partial charge < -0.3 is 20.8 Å². The van der Waals surface area contributed by atoms with Crippen LogP contribution in [0.25, 0.3) is 0 Å². The molecule has 0 aromatic rings. The Morgan fingerprint density at radius 2 is 2.17 bits per heavy atom. The second-order valence-electron chi connectivity index (χ2n) is 4.81. The number of aliphatic hydroxyl groups is 1. The fourth-order valence-corrected chi connectivity index (χ4v) is 2.11. The highest BCUT2D eigenvalue weighted by atomic mass is 16.4. The third-order valence-corrected chi connectivity index (χ3v) is 3.20. The van der Waals surface area contributed by atoms with Gasteiger partial charge in [-0.25, -0.2) is 4.79 Å². The highest BCUT2D eigenvalue weighted by Crippen LogP contribution is 2.11. The van der Waals surface area contributed by atoms with E-state index in [1.54, 1.807) is 0 Å². The average molecular weight is 258 g/mol. The second-order valence-corrected chi connectivity index (χ2v) is 4.81. The first-order valence-electron chi connectivity index (χ1n) is 6.44. The third-order valence-electron chi connectivity index (χ3n) is 3.20. The lowest BCUT2D eigenvalue weighted by Gasteiger charge is -2.23. The van der Waals surface area contributed by atoms with E-state index in [1.165, 1.54) is 19.8 Å². The summed E-state index contributed by atoms with van der Waals surface area (Å²) in [4.78, 5) is 22.4. The number of aliphatic hydroxyl groups excluding tert-OH is 1. The number of carbonyl (C=O) groups excluding carboxylic acids is 1. The van der Waals surface area contributed by atoms with Gasteiger partial charge in [-0.2, -0.15) is 0 Å². The molecule has 0 aromatic heterocycles. The number of hydrogen-bond donors (Lipinski definition) is 4. The highest BCUT2D eigenvalue weighted by molar-refractivity contribution is 5.83. The largest absolute Gasteiger partial charge is 0.480 e. The molecule has 1 aliphatic rings. The van der Waals surface area contributed by atoms with Crippen LogP contribution in [0.1, 0.15) is 39.0 Å². The molecule has 0 bridgehead atoms. The molecule has 0 spiro atoms. The maximum absolute atomic E-state index is 11.6. The molecule has 0 radical (unpaired) electrons. The zero-order valence-electron chi connectivity index (χ0n) is 10.7. The predicted molar refractivity (Wildman–Crippen MR) is 66.1 cm³/mol. The lowest BCUT2D eigenvalue weighted by molar-refractivity contribution is -0.144. The van der Waals surface area contributed by atoms with Crippen molar-refractivity contribution in [2.45, 2.75) is 57.2 Å². The smallest absolute Gasteiger partial charge is 0.328 e. The van der Waals surface area contributed by atoms with Gasteiger partial charge >= 0.3 is 5.97 Å². The van der Waals surface area contributed by atoms with Crippen molar-refractivity contribution in [3.8, 4) is 0 Å². The molecule has 6 heteroatoms. The van der Waals surface area contributed by atoms with Gasteiger partial charge in [-0.1, -0.05) is 6.42 Å². The molecule has 0 aromatic carbocycles. The van der Waals surface area contributed by atoms with Gasteiger partial charge in [-0.05, 0) is 32.7 Å². The number of piperidine rings is 1. The molecule has 4 N–H and O–H groups in total. The number of rotatable bonds is 6. The zero-order valence-corrected chi connectivity index (χ0v) is 10.7. The van der Waals surface area contributed by atoms with E-state index < -0.39 is 18.1 Å². The van der Waals surface area contributed by atoms with Gasteiger partial charge in [0.05, 0.1) is 6.10 Å². The van der Waals surface area contributed by atoms with Gasteiger partial charge in [-0.3, -0.25) is 4.79 Å². The first kappa shape index (κ1) is 14.9. The van der Waals surface area contributed by atoms with Crippen molar-refractivity contribution in [1.29, 1.82) is 0 Å². The van der Waals surface area contributed by atoms with E-state index in [9.17, 15) is 14.7 Å². The molecule has 1 unspecified atom stereocenters. The molecule has 1 amide bonds. The lowest BCUT2D eigenvalue weighted by atomic mass is 10.0. The average Bonchev–Trinajstić information content (AvgIpc) is 2.34. The molecule has 0 aliphatic carbocycles. The van der Waals surface area contributed by atoms with E-state index in [-0.39, 0.29) is 12.3 Å². The summed E-state index contributed by atoms with van der Waals surface area (Å²) in [6.45, 7) is 2.33. The maximum atomic E-state index is 11.6. The molecule has 1 heterocycles. The van der Waals surface area contributed by atoms with Crippen molar-refractivity contribution in [1.82, 2.24) is 10.6 Å². The van der Waals surface area contributed by atoms with E-state index in [2.05, 4.69) is 10.6 Å². The quantitative estimate of drug-likeness (QED) is 0.531. The van der Waals surface area contributed by atoms with E-state index >= 15 is 0 Å². The van der Waals surface area contributed by atoms with E-state index in [1.807, 2.05) is 0 Å². The van der Waals surface area contributed by atoms with Crippen LogP contribution in [-0.2, 0) is 9.59 Å². The maximum Gasteiger partial charge on any atom is 0.328 e. The summed E-state index contributed by atoms with van der Waals surface area (Å²) in [5.41, 5.74) is 0. The van der Waals surface area contributed by atoms with Crippen molar-refractivity contribution in [2.24, 2.45) is 0 Å².